The topological polar surface area (TPSA) is 87.7 Å². The van der Waals surface area contributed by atoms with Gasteiger partial charge in [0, 0.05) is 17.7 Å². The van der Waals surface area contributed by atoms with Crippen LogP contribution in [0.3, 0.4) is 0 Å². The van der Waals surface area contributed by atoms with E-state index in [1.165, 1.54) is 19.2 Å². The predicted molar refractivity (Wildman–Crippen MR) is 93.8 cm³/mol. The Morgan fingerprint density at radius 1 is 1.31 bits per heavy atom. The second-order valence-electron chi connectivity index (χ2n) is 5.84. The summed E-state index contributed by atoms with van der Waals surface area (Å²) in [5.41, 5.74) is 1.98. The molecule has 0 radical (unpaired) electrons. The first-order valence-electron chi connectivity index (χ1n) is 7.81. The van der Waals surface area contributed by atoms with Gasteiger partial charge in [-0.05, 0) is 35.4 Å². The Bertz CT molecular complexity index is 874. The van der Waals surface area contributed by atoms with E-state index in [9.17, 15) is 19.1 Å². The highest BCUT2D eigenvalue weighted by atomic mass is 35.5. The summed E-state index contributed by atoms with van der Waals surface area (Å²) in [6, 6.07) is 8.23. The van der Waals surface area contributed by atoms with E-state index in [4.69, 9.17) is 11.6 Å². The van der Waals surface area contributed by atoms with Crippen molar-refractivity contribution in [2.24, 2.45) is 0 Å². The Balaban J connectivity index is 1.87. The van der Waals surface area contributed by atoms with Gasteiger partial charge in [0.05, 0.1) is 24.3 Å². The van der Waals surface area contributed by atoms with Crippen molar-refractivity contribution in [1.82, 2.24) is 5.32 Å². The summed E-state index contributed by atoms with van der Waals surface area (Å²) in [7, 11) is 1.23. The molecular weight excluding hydrogens is 363 g/mol. The van der Waals surface area contributed by atoms with Gasteiger partial charge in [0.25, 0.3) is 5.91 Å². The lowest BCUT2D eigenvalue weighted by Gasteiger charge is -2.17. The Hall–Kier alpha value is -2.64. The molecule has 1 aliphatic carbocycles. The Labute approximate surface area is 153 Å². The Kier molecular flexibility index (Phi) is 5.11. The second-order valence-corrected chi connectivity index (χ2v) is 6.25. The van der Waals surface area contributed by atoms with Crippen molar-refractivity contribution in [2.45, 2.75) is 18.6 Å². The summed E-state index contributed by atoms with van der Waals surface area (Å²) in [5.74, 6) is -0.999. The van der Waals surface area contributed by atoms with Crippen LogP contribution in [0.15, 0.2) is 36.4 Å². The number of methoxy groups -OCH3 is 1. The summed E-state index contributed by atoms with van der Waals surface area (Å²) in [4.78, 5) is 24.1. The third-order valence-electron chi connectivity index (χ3n) is 4.23. The molecule has 26 heavy (non-hydrogen) atoms. The van der Waals surface area contributed by atoms with Gasteiger partial charge in [-0.3, -0.25) is 4.79 Å². The van der Waals surface area contributed by atoms with E-state index in [1.54, 1.807) is 18.2 Å². The quantitative estimate of drug-likeness (QED) is 0.766. The number of hydrogen-bond donors (Lipinski definition) is 3. The van der Waals surface area contributed by atoms with Crippen molar-refractivity contribution in [2.75, 3.05) is 12.4 Å². The predicted octanol–water partition coefficient (Wildman–Crippen LogP) is 3.05. The van der Waals surface area contributed by atoms with Gasteiger partial charge in [-0.15, -0.1) is 0 Å². The van der Waals surface area contributed by atoms with Crippen LogP contribution in [0.25, 0.3) is 0 Å². The van der Waals surface area contributed by atoms with E-state index in [-0.39, 0.29) is 11.4 Å². The number of carbonyl (C=O) groups excluding carboxylic acids is 2. The van der Waals surface area contributed by atoms with Gasteiger partial charge in [-0.1, -0.05) is 23.7 Å². The van der Waals surface area contributed by atoms with E-state index in [1.807, 2.05) is 0 Å². The number of benzene rings is 2. The number of carbonyl (C=O) groups is 2. The number of rotatable bonds is 3. The van der Waals surface area contributed by atoms with E-state index in [0.29, 0.717) is 22.4 Å². The molecule has 3 N–H and O–H groups in total. The summed E-state index contributed by atoms with van der Waals surface area (Å²) < 4.78 is 17.8. The lowest BCUT2D eigenvalue weighted by atomic mass is 10.0. The van der Waals surface area contributed by atoms with Crippen LogP contribution in [0.4, 0.5) is 14.9 Å². The normalized spacial score (nSPS) is 18.2. The number of ether oxygens (including phenoxy) is 1. The molecule has 0 aromatic heterocycles. The van der Waals surface area contributed by atoms with E-state index in [0.717, 1.165) is 6.07 Å². The molecule has 2 aromatic rings. The number of hydrogen-bond acceptors (Lipinski definition) is 4. The van der Waals surface area contributed by atoms with Crippen molar-refractivity contribution in [1.29, 1.82) is 0 Å². The average molecular weight is 379 g/mol. The number of nitrogens with one attached hydrogen (secondary N) is 2. The van der Waals surface area contributed by atoms with Crippen LogP contribution in [0.1, 0.15) is 27.5 Å². The fraction of sp³-hybridized carbons (Fsp3) is 0.222. The SMILES string of the molecule is COC(=O)N[C@@H]1c2cccc(C(=O)Nc3ccc(F)c(Cl)c3)c2C[C@H]1O. The lowest BCUT2D eigenvalue weighted by Crippen LogP contribution is -2.33. The van der Waals surface area contributed by atoms with Gasteiger partial charge >= 0.3 is 6.09 Å². The maximum Gasteiger partial charge on any atom is 0.407 e. The molecule has 0 saturated carbocycles. The number of fused-ring (bicyclic) bond motifs is 1. The average Bonchev–Trinajstić information content (AvgIpc) is 2.93. The van der Waals surface area contributed by atoms with Crippen LogP contribution in [-0.2, 0) is 11.2 Å². The smallest absolute Gasteiger partial charge is 0.407 e. The molecule has 0 unspecified atom stereocenters. The summed E-state index contributed by atoms with van der Waals surface area (Å²) in [6.07, 6.45) is -1.34. The maximum atomic E-state index is 13.2. The zero-order chi connectivity index (χ0) is 18.8. The van der Waals surface area contributed by atoms with Gasteiger partial charge in [-0.25, -0.2) is 9.18 Å². The highest BCUT2D eigenvalue weighted by Gasteiger charge is 2.35. The van der Waals surface area contributed by atoms with Crippen LogP contribution < -0.4 is 10.6 Å². The minimum Gasteiger partial charge on any atom is -0.453 e. The zero-order valence-electron chi connectivity index (χ0n) is 13.8. The number of anilines is 1. The number of halogens is 2. The van der Waals surface area contributed by atoms with E-state index < -0.39 is 30.0 Å². The highest BCUT2D eigenvalue weighted by Crippen LogP contribution is 2.34. The van der Waals surface area contributed by atoms with Crippen molar-refractivity contribution in [3.8, 4) is 0 Å². The van der Waals surface area contributed by atoms with Crippen LogP contribution in [-0.4, -0.2) is 30.3 Å². The molecule has 2 atom stereocenters. The molecule has 0 spiro atoms. The van der Waals surface area contributed by atoms with Crippen molar-refractivity contribution in [3.05, 3.63) is 63.9 Å². The standard InChI is InChI=1S/C18H16ClFN2O4/c1-26-18(25)22-16-10-3-2-4-11(12(10)8-15(16)23)17(24)21-9-5-6-14(20)13(19)7-9/h2-7,15-16,23H,8H2,1H3,(H,21,24)(H,22,25)/t15-,16-/m1/s1. The second kappa shape index (κ2) is 7.31. The van der Waals surface area contributed by atoms with Gasteiger partial charge in [0.2, 0.25) is 0 Å². The third-order valence-corrected chi connectivity index (χ3v) is 4.52. The van der Waals surface area contributed by atoms with Crippen molar-refractivity contribution < 1.29 is 23.8 Å². The molecule has 0 heterocycles. The Morgan fingerprint density at radius 3 is 2.77 bits per heavy atom. The minimum absolute atomic E-state index is 0.0983. The zero-order valence-corrected chi connectivity index (χ0v) is 14.5. The van der Waals surface area contributed by atoms with Crippen LogP contribution in [0, 0.1) is 5.82 Å². The Morgan fingerprint density at radius 2 is 2.08 bits per heavy atom. The first kappa shape index (κ1) is 18.2. The van der Waals surface area contributed by atoms with Gasteiger partial charge in [0.15, 0.2) is 0 Å². The number of aliphatic hydroxyl groups excluding tert-OH is 1. The number of alkyl carbamates (subject to hydrolysis) is 1. The largest absolute Gasteiger partial charge is 0.453 e. The molecule has 2 amide bonds. The summed E-state index contributed by atoms with van der Waals surface area (Å²) in [6.45, 7) is 0. The molecule has 8 heteroatoms. The van der Waals surface area contributed by atoms with E-state index >= 15 is 0 Å². The molecule has 3 rings (SSSR count). The lowest BCUT2D eigenvalue weighted by molar-refractivity contribution is 0.102. The third kappa shape index (κ3) is 3.49. The number of amides is 2. The number of aliphatic hydroxyl groups is 1. The summed E-state index contributed by atoms with van der Waals surface area (Å²) in [5, 5.41) is 15.4. The van der Waals surface area contributed by atoms with Crippen LogP contribution in [0.2, 0.25) is 5.02 Å². The summed E-state index contributed by atoms with van der Waals surface area (Å²) >= 11 is 5.73. The molecule has 0 saturated heterocycles. The first-order chi connectivity index (χ1) is 12.4. The fourth-order valence-electron chi connectivity index (χ4n) is 3.00. The molecule has 2 aromatic carbocycles. The minimum atomic E-state index is -0.877. The molecule has 6 nitrogen and oxygen atoms in total. The highest BCUT2D eigenvalue weighted by molar-refractivity contribution is 6.31. The molecule has 136 valence electrons. The monoisotopic (exact) mass is 378 g/mol. The van der Waals surface area contributed by atoms with E-state index in [2.05, 4.69) is 15.4 Å². The van der Waals surface area contributed by atoms with Crippen molar-refractivity contribution >= 4 is 29.3 Å². The van der Waals surface area contributed by atoms with Crippen LogP contribution >= 0.6 is 11.6 Å². The molecule has 0 bridgehead atoms. The molecular formula is C18H16ClFN2O4. The molecule has 0 aliphatic heterocycles. The van der Waals surface area contributed by atoms with Crippen molar-refractivity contribution in [3.63, 3.8) is 0 Å². The first-order valence-corrected chi connectivity index (χ1v) is 8.19. The van der Waals surface area contributed by atoms with Gasteiger partial charge in [-0.2, -0.15) is 0 Å². The van der Waals surface area contributed by atoms with Gasteiger partial charge in [0.1, 0.15) is 5.82 Å². The maximum absolute atomic E-state index is 13.2. The molecule has 1 aliphatic rings. The molecule has 0 fully saturated rings. The fourth-order valence-corrected chi connectivity index (χ4v) is 3.18. The van der Waals surface area contributed by atoms with Crippen LogP contribution in [0.5, 0.6) is 0 Å². The van der Waals surface area contributed by atoms with Gasteiger partial charge < -0.3 is 20.5 Å².